The number of aliphatic hydroxyl groups excluding tert-OH is 1. The first kappa shape index (κ1) is 9.69. The Bertz CT molecular complexity index is 303. The van der Waals surface area contributed by atoms with Crippen molar-refractivity contribution in [1.82, 2.24) is 0 Å². The maximum Gasteiger partial charge on any atom is 0.0760 e. The van der Waals surface area contributed by atoms with Crippen molar-refractivity contribution in [3.63, 3.8) is 0 Å². The van der Waals surface area contributed by atoms with Crippen LogP contribution in [-0.2, 0) is 0 Å². The quantitative estimate of drug-likeness (QED) is 0.764. The molecule has 0 amide bonds. The van der Waals surface area contributed by atoms with Crippen molar-refractivity contribution in [1.29, 1.82) is 0 Å². The van der Waals surface area contributed by atoms with Crippen LogP contribution < -0.4 is 5.73 Å². The zero-order valence-electron chi connectivity index (χ0n) is 8.48. The van der Waals surface area contributed by atoms with E-state index in [-0.39, 0.29) is 12.1 Å². The lowest BCUT2D eigenvalue weighted by atomic mass is 9.98. The van der Waals surface area contributed by atoms with Crippen molar-refractivity contribution in [2.75, 3.05) is 0 Å². The largest absolute Gasteiger partial charge is 0.391 e. The van der Waals surface area contributed by atoms with Gasteiger partial charge in [-0.15, -0.1) is 0 Å². The number of hydrogen-bond donors (Lipinski definition) is 2. The standard InChI is InChI=1S/C12H17NO/c1-8-2-4-9(5-3-8)11(13)12(14)10-6-7-10/h2-5,10-12,14H,6-7,13H2,1H3/t11-,12+/m1/s1. The fraction of sp³-hybridized carbons (Fsp3) is 0.500. The van der Waals surface area contributed by atoms with Gasteiger partial charge in [0.05, 0.1) is 12.1 Å². The molecular weight excluding hydrogens is 174 g/mol. The van der Waals surface area contributed by atoms with Crippen LogP contribution >= 0.6 is 0 Å². The summed E-state index contributed by atoms with van der Waals surface area (Å²) in [5.41, 5.74) is 8.24. The van der Waals surface area contributed by atoms with Crippen LogP contribution in [0.3, 0.4) is 0 Å². The van der Waals surface area contributed by atoms with Crippen LogP contribution in [0, 0.1) is 12.8 Å². The molecule has 0 radical (unpaired) electrons. The van der Waals surface area contributed by atoms with Crippen molar-refractivity contribution in [3.05, 3.63) is 35.4 Å². The molecule has 0 spiro atoms. The molecule has 1 aliphatic rings. The molecule has 0 aromatic heterocycles. The summed E-state index contributed by atoms with van der Waals surface area (Å²) in [6.07, 6.45) is 1.89. The minimum atomic E-state index is -0.363. The Morgan fingerprint density at radius 3 is 2.36 bits per heavy atom. The minimum absolute atomic E-state index is 0.219. The second kappa shape index (κ2) is 3.71. The maximum atomic E-state index is 9.86. The number of aliphatic hydroxyl groups is 1. The van der Waals surface area contributed by atoms with Gasteiger partial charge in [0, 0.05) is 0 Å². The van der Waals surface area contributed by atoms with Gasteiger partial charge in [-0.3, -0.25) is 0 Å². The molecule has 1 aliphatic carbocycles. The van der Waals surface area contributed by atoms with E-state index in [2.05, 4.69) is 0 Å². The zero-order valence-corrected chi connectivity index (χ0v) is 8.48. The third kappa shape index (κ3) is 1.97. The van der Waals surface area contributed by atoms with Crippen molar-refractivity contribution in [2.24, 2.45) is 11.7 Å². The van der Waals surface area contributed by atoms with E-state index >= 15 is 0 Å². The Labute approximate surface area is 84.7 Å². The molecule has 2 atom stereocenters. The van der Waals surface area contributed by atoms with Gasteiger partial charge in [-0.25, -0.2) is 0 Å². The fourth-order valence-electron chi connectivity index (χ4n) is 1.72. The molecule has 1 fully saturated rings. The van der Waals surface area contributed by atoms with Gasteiger partial charge in [0.1, 0.15) is 0 Å². The molecule has 0 aliphatic heterocycles. The maximum absolute atomic E-state index is 9.86. The summed E-state index contributed by atoms with van der Waals surface area (Å²) in [4.78, 5) is 0. The lowest BCUT2D eigenvalue weighted by Crippen LogP contribution is -2.27. The Kier molecular flexibility index (Phi) is 2.57. The minimum Gasteiger partial charge on any atom is -0.391 e. The number of hydrogen-bond acceptors (Lipinski definition) is 2. The average Bonchev–Trinajstić information content (AvgIpc) is 3.00. The number of nitrogens with two attached hydrogens (primary N) is 1. The smallest absolute Gasteiger partial charge is 0.0760 e. The third-order valence-corrected chi connectivity index (χ3v) is 2.94. The predicted octanol–water partition coefficient (Wildman–Crippen LogP) is 1.77. The SMILES string of the molecule is Cc1ccc([C@@H](N)[C@@H](O)C2CC2)cc1. The van der Waals surface area contributed by atoms with E-state index in [0.29, 0.717) is 5.92 Å². The van der Waals surface area contributed by atoms with Crippen LogP contribution in [0.2, 0.25) is 0 Å². The molecule has 2 rings (SSSR count). The van der Waals surface area contributed by atoms with Crippen molar-refractivity contribution >= 4 is 0 Å². The lowest BCUT2D eigenvalue weighted by Gasteiger charge is -2.18. The van der Waals surface area contributed by atoms with Gasteiger partial charge in [-0.1, -0.05) is 29.8 Å². The Hall–Kier alpha value is -0.860. The molecule has 0 heterocycles. The van der Waals surface area contributed by atoms with Gasteiger partial charge in [0.2, 0.25) is 0 Å². The molecule has 76 valence electrons. The highest BCUT2D eigenvalue weighted by Gasteiger charge is 2.34. The summed E-state index contributed by atoms with van der Waals surface area (Å²) in [5, 5.41) is 9.86. The molecule has 3 N–H and O–H groups in total. The predicted molar refractivity (Wildman–Crippen MR) is 56.8 cm³/mol. The summed E-state index contributed by atoms with van der Waals surface area (Å²) in [6.45, 7) is 2.05. The second-order valence-electron chi connectivity index (χ2n) is 4.26. The van der Waals surface area contributed by atoms with E-state index in [1.165, 1.54) is 5.56 Å². The van der Waals surface area contributed by atoms with Crippen molar-refractivity contribution in [3.8, 4) is 0 Å². The van der Waals surface area contributed by atoms with Crippen molar-refractivity contribution in [2.45, 2.75) is 31.9 Å². The molecule has 1 aromatic rings. The average molecular weight is 191 g/mol. The summed E-state index contributed by atoms with van der Waals surface area (Å²) in [7, 11) is 0. The van der Waals surface area contributed by atoms with Gasteiger partial charge in [-0.05, 0) is 31.2 Å². The van der Waals surface area contributed by atoms with Gasteiger partial charge in [0.25, 0.3) is 0 Å². The van der Waals surface area contributed by atoms with Crippen LogP contribution in [0.1, 0.15) is 30.0 Å². The van der Waals surface area contributed by atoms with Gasteiger partial charge < -0.3 is 10.8 Å². The third-order valence-electron chi connectivity index (χ3n) is 2.94. The highest BCUT2D eigenvalue weighted by Crippen LogP contribution is 2.37. The van der Waals surface area contributed by atoms with Crippen LogP contribution in [0.4, 0.5) is 0 Å². The van der Waals surface area contributed by atoms with Crippen LogP contribution in [0.5, 0.6) is 0 Å². The van der Waals surface area contributed by atoms with Gasteiger partial charge >= 0.3 is 0 Å². The van der Waals surface area contributed by atoms with Crippen LogP contribution in [-0.4, -0.2) is 11.2 Å². The summed E-state index contributed by atoms with van der Waals surface area (Å²) in [5.74, 6) is 0.436. The van der Waals surface area contributed by atoms with E-state index in [1.807, 2.05) is 31.2 Å². The monoisotopic (exact) mass is 191 g/mol. The molecule has 0 bridgehead atoms. The Morgan fingerprint density at radius 2 is 1.86 bits per heavy atom. The summed E-state index contributed by atoms with van der Waals surface area (Å²) in [6, 6.07) is 7.86. The Balaban J connectivity index is 2.09. The summed E-state index contributed by atoms with van der Waals surface area (Å²) >= 11 is 0. The first-order chi connectivity index (χ1) is 6.68. The number of aryl methyl sites for hydroxylation is 1. The molecule has 14 heavy (non-hydrogen) atoms. The number of rotatable bonds is 3. The number of benzene rings is 1. The van der Waals surface area contributed by atoms with E-state index in [9.17, 15) is 5.11 Å². The lowest BCUT2D eigenvalue weighted by molar-refractivity contribution is 0.122. The first-order valence-electron chi connectivity index (χ1n) is 5.18. The highest BCUT2D eigenvalue weighted by molar-refractivity contribution is 5.25. The first-order valence-corrected chi connectivity index (χ1v) is 5.18. The molecule has 0 unspecified atom stereocenters. The molecule has 1 aromatic carbocycles. The zero-order chi connectivity index (χ0) is 10.1. The van der Waals surface area contributed by atoms with Crippen LogP contribution in [0.15, 0.2) is 24.3 Å². The van der Waals surface area contributed by atoms with Crippen molar-refractivity contribution < 1.29 is 5.11 Å². The molecule has 1 saturated carbocycles. The molecule has 2 nitrogen and oxygen atoms in total. The molecule has 2 heteroatoms. The van der Waals surface area contributed by atoms with E-state index < -0.39 is 0 Å². The van der Waals surface area contributed by atoms with Gasteiger partial charge in [0.15, 0.2) is 0 Å². The van der Waals surface area contributed by atoms with Gasteiger partial charge in [-0.2, -0.15) is 0 Å². The highest BCUT2D eigenvalue weighted by atomic mass is 16.3. The fourth-order valence-corrected chi connectivity index (χ4v) is 1.72. The van der Waals surface area contributed by atoms with E-state index in [0.717, 1.165) is 18.4 Å². The topological polar surface area (TPSA) is 46.2 Å². The van der Waals surface area contributed by atoms with E-state index in [4.69, 9.17) is 5.73 Å². The van der Waals surface area contributed by atoms with Crippen LogP contribution in [0.25, 0.3) is 0 Å². The normalized spacial score (nSPS) is 20.5. The summed E-state index contributed by atoms with van der Waals surface area (Å²) < 4.78 is 0. The molecule has 0 saturated heterocycles. The molecular formula is C12H17NO. The van der Waals surface area contributed by atoms with E-state index in [1.54, 1.807) is 0 Å². The Morgan fingerprint density at radius 1 is 1.29 bits per heavy atom. The second-order valence-corrected chi connectivity index (χ2v) is 4.26.